The second-order valence-corrected chi connectivity index (χ2v) is 8.75. The van der Waals surface area contributed by atoms with Crippen LogP contribution in [0.3, 0.4) is 0 Å². The molecule has 0 unspecified atom stereocenters. The zero-order valence-electron chi connectivity index (χ0n) is 15.4. The third-order valence-corrected chi connectivity index (χ3v) is 6.80. The molecule has 0 spiro atoms. The van der Waals surface area contributed by atoms with Crippen LogP contribution in [0.15, 0.2) is 46.7 Å². The fraction of sp³-hybridized carbons (Fsp3) is 0.350. The van der Waals surface area contributed by atoms with Crippen molar-refractivity contribution < 1.29 is 13.2 Å². The Bertz CT molecular complexity index is 965. The number of anilines is 1. The Labute approximate surface area is 154 Å². The molecule has 0 aliphatic heterocycles. The van der Waals surface area contributed by atoms with E-state index in [1.165, 1.54) is 0 Å². The first-order chi connectivity index (χ1) is 12.3. The van der Waals surface area contributed by atoms with Gasteiger partial charge in [-0.25, -0.2) is 8.42 Å². The number of nitrogens with one attached hydrogen (secondary N) is 1. The molecule has 26 heavy (non-hydrogen) atoms. The lowest BCUT2D eigenvalue weighted by atomic mass is 10.2. The number of hydrogen-bond donors (Lipinski definition) is 1. The summed E-state index contributed by atoms with van der Waals surface area (Å²) in [4.78, 5) is 12.8. The summed E-state index contributed by atoms with van der Waals surface area (Å²) >= 11 is 0. The largest absolute Gasteiger partial charge is 0.327 e. The summed E-state index contributed by atoms with van der Waals surface area (Å²) in [6, 6.07) is 6.77. The predicted octanol–water partition coefficient (Wildman–Crippen LogP) is 3.78. The monoisotopic (exact) mass is 372 g/mol. The van der Waals surface area contributed by atoms with Gasteiger partial charge in [0.2, 0.25) is 15.7 Å². The molecular weight excluding hydrogens is 348 g/mol. The fourth-order valence-electron chi connectivity index (χ4n) is 3.04. The molecule has 1 heterocycles. The minimum Gasteiger partial charge on any atom is -0.327 e. The quantitative estimate of drug-likeness (QED) is 0.785. The molecule has 3 rings (SSSR count). The highest BCUT2D eigenvalue weighted by molar-refractivity contribution is 7.91. The summed E-state index contributed by atoms with van der Waals surface area (Å²) in [5.41, 5.74) is 2.45. The number of aromatic nitrogens is 1. The van der Waals surface area contributed by atoms with Crippen molar-refractivity contribution in [3.05, 3.63) is 53.7 Å². The maximum Gasteiger partial charge on any atom is 0.228 e. The van der Waals surface area contributed by atoms with Crippen molar-refractivity contribution in [2.45, 2.75) is 49.9 Å². The first kappa shape index (κ1) is 18.5. The van der Waals surface area contributed by atoms with Crippen molar-refractivity contribution in [1.29, 1.82) is 0 Å². The number of benzene rings is 1. The Kier molecular flexibility index (Phi) is 4.80. The zero-order chi connectivity index (χ0) is 19.1. The number of sulfone groups is 1. The van der Waals surface area contributed by atoms with Crippen LogP contribution in [0.5, 0.6) is 0 Å². The number of nitrogens with zero attached hydrogens (tertiary/aromatic N) is 1. The number of carbonyl (C=O) groups excluding carboxylic acids is 1. The summed E-state index contributed by atoms with van der Waals surface area (Å²) in [6.07, 6.45) is 3.40. The molecule has 1 fully saturated rings. The molecule has 0 atom stereocenters. The maximum absolute atomic E-state index is 13.3. The van der Waals surface area contributed by atoms with E-state index in [2.05, 4.69) is 11.9 Å². The Balaban J connectivity index is 2.18. The van der Waals surface area contributed by atoms with Crippen molar-refractivity contribution in [3.63, 3.8) is 0 Å². The highest BCUT2D eigenvalue weighted by atomic mass is 32.2. The summed E-state index contributed by atoms with van der Waals surface area (Å²) in [6.45, 7) is 9.73. The van der Waals surface area contributed by atoms with Gasteiger partial charge in [-0.05, 0) is 51.3 Å². The molecule has 1 N–H and O–H groups in total. The Hall–Kier alpha value is -2.34. The Morgan fingerprint density at radius 1 is 1.23 bits per heavy atom. The summed E-state index contributed by atoms with van der Waals surface area (Å²) < 4.78 is 28.5. The second-order valence-electron chi connectivity index (χ2n) is 6.87. The predicted molar refractivity (Wildman–Crippen MR) is 102 cm³/mol. The molecule has 1 aliphatic carbocycles. The van der Waals surface area contributed by atoms with Crippen LogP contribution in [0.25, 0.3) is 0 Å². The van der Waals surface area contributed by atoms with Crippen LogP contribution in [0.2, 0.25) is 0 Å². The van der Waals surface area contributed by atoms with Gasteiger partial charge in [-0.15, -0.1) is 6.58 Å². The van der Waals surface area contributed by atoms with Gasteiger partial charge in [-0.2, -0.15) is 0 Å². The van der Waals surface area contributed by atoms with E-state index >= 15 is 0 Å². The van der Waals surface area contributed by atoms with Gasteiger partial charge in [-0.1, -0.05) is 23.8 Å². The normalized spacial score (nSPS) is 14.3. The van der Waals surface area contributed by atoms with Gasteiger partial charge in [-0.3, -0.25) is 4.79 Å². The molecule has 1 aromatic heterocycles. The van der Waals surface area contributed by atoms with Gasteiger partial charge in [0.15, 0.2) is 0 Å². The molecule has 2 aromatic rings. The fourth-order valence-corrected chi connectivity index (χ4v) is 4.74. The minimum absolute atomic E-state index is 0.0161. The number of rotatable bonds is 6. The Morgan fingerprint density at radius 3 is 2.38 bits per heavy atom. The van der Waals surface area contributed by atoms with Gasteiger partial charge < -0.3 is 9.88 Å². The van der Waals surface area contributed by atoms with Gasteiger partial charge in [0.05, 0.1) is 4.90 Å². The number of amides is 1. The molecule has 1 amide bonds. The van der Waals surface area contributed by atoms with Crippen molar-refractivity contribution >= 4 is 21.6 Å². The van der Waals surface area contributed by atoms with Gasteiger partial charge in [0.25, 0.3) is 0 Å². The van der Waals surface area contributed by atoms with Crippen LogP contribution < -0.4 is 5.32 Å². The van der Waals surface area contributed by atoms with Crippen LogP contribution in [-0.2, 0) is 21.2 Å². The van der Waals surface area contributed by atoms with Crippen LogP contribution in [-0.4, -0.2) is 18.9 Å². The summed E-state index contributed by atoms with van der Waals surface area (Å²) in [7, 11) is -3.76. The lowest BCUT2D eigenvalue weighted by molar-refractivity contribution is -0.117. The van der Waals surface area contributed by atoms with E-state index < -0.39 is 9.84 Å². The Morgan fingerprint density at radius 2 is 1.85 bits per heavy atom. The van der Waals surface area contributed by atoms with E-state index in [9.17, 15) is 13.2 Å². The van der Waals surface area contributed by atoms with Gasteiger partial charge in [0, 0.05) is 18.2 Å². The number of aryl methyl sites for hydroxylation is 1. The summed E-state index contributed by atoms with van der Waals surface area (Å²) in [5.74, 6) is 0.211. The molecule has 1 saturated carbocycles. The first-order valence-electron chi connectivity index (χ1n) is 8.70. The molecule has 138 valence electrons. The minimum atomic E-state index is -3.76. The topological polar surface area (TPSA) is 68.2 Å². The maximum atomic E-state index is 13.3. The first-order valence-corrected chi connectivity index (χ1v) is 10.2. The third kappa shape index (κ3) is 3.21. The van der Waals surface area contributed by atoms with Crippen molar-refractivity contribution in [2.75, 3.05) is 5.32 Å². The summed E-state index contributed by atoms with van der Waals surface area (Å²) in [5, 5.41) is 2.87. The highest BCUT2D eigenvalue weighted by Gasteiger charge is 2.34. The van der Waals surface area contributed by atoms with Crippen molar-refractivity contribution in [2.24, 2.45) is 5.92 Å². The van der Waals surface area contributed by atoms with Crippen LogP contribution in [0.1, 0.15) is 29.7 Å². The second kappa shape index (κ2) is 6.76. The van der Waals surface area contributed by atoms with E-state index in [0.29, 0.717) is 17.9 Å². The molecule has 0 radical (unpaired) electrons. The lowest BCUT2D eigenvalue weighted by Crippen LogP contribution is -2.19. The van der Waals surface area contributed by atoms with E-state index in [1.54, 1.807) is 37.3 Å². The van der Waals surface area contributed by atoms with Crippen LogP contribution >= 0.6 is 0 Å². The lowest BCUT2D eigenvalue weighted by Gasteiger charge is -2.13. The molecule has 0 bridgehead atoms. The SMILES string of the molecule is C=CCn1c(C)c(C)c(S(=O)(=O)c2ccc(C)cc2)c1NC(=O)C1CC1. The average molecular weight is 372 g/mol. The van der Waals surface area contributed by atoms with Crippen molar-refractivity contribution in [3.8, 4) is 0 Å². The molecular formula is C20H24N2O3S. The number of carbonyl (C=O) groups is 1. The van der Waals surface area contributed by atoms with Gasteiger partial charge in [0.1, 0.15) is 10.7 Å². The van der Waals surface area contributed by atoms with E-state index in [0.717, 1.165) is 24.1 Å². The number of hydrogen-bond acceptors (Lipinski definition) is 3. The zero-order valence-corrected chi connectivity index (χ0v) is 16.2. The molecule has 1 aliphatic rings. The molecule has 6 heteroatoms. The van der Waals surface area contributed by atoms with E-state index in [4.69, 9.17) is 0 Å². The third-order valence-electron chi connectivity index (χ3n) is 4.87. The standard InChI is InChI=1S/C20H24N2O3S/c1-5-12-22-15(4)14(3)18(19(22)21-20(23)16-8-9-16)26(24,25)17-10-6-13(2)7-11-17/h5-7,10-11,16H,1,8-9,12H2,2-4H3,(H,21,23). The average Bonchev–Trinajstić information content (AvgIpc) is 3.40. The van der Waals surface area contributed by atoms with E-state index in [1.807, 2.05) is 18.4 Å². The molecule has 5 nitrogen and oxygen atoms in total. The van der Waals surface area contributed by atoms with Crippen LogP contribution in [0, 0.1) is 26.7 Å². The number of allylic oxidation sites excluding steroid dienone is 1. The smallest absolute Gasteiger partial charge is 0.228 e. The van der Waals surface area contributed by atoms with Gasteiger partial charge >= 0.3 is 0 Å². The van der Waals surface area contributed by atoms with Crippen LogP contribution in [0.4, 0.5) is 5.82 Å². The molecule has 1 aromatic carbocycles. The molecule has 0 saturated heterocycles. The highest BCUT2D eigenvalue weighted by Crippen LogP contribution is 2.37. The van der Waals surface area contributed by atoms with Crippen molar-refractivity contribution in [1.82, 2.24) is 4.57 Å². The van der Waals surface area contributed by atoms with E-state index in [-0.39, 0.29) is 21.6 Å².